The fraction of sp³-hybridized carbons (Fsp3) is 0.182. The predicted octanol–water partition coefficient (Wildman–Crippen LogP) is 3.44. The molecule has 2 heterocycles. The van der Waals surface area contributed by atoms with Crippen molar-refractivity contribution in [2.24, 2.45) is 5.73 Å². The van der Waals surface area contributed by atoms with Crippen molar-refractivity contribution in [2.45, 2.75) is 12.5 Å². The first kappa shape index (κ1) is 11.8. The van der Waals surface area contributed by atoms with Crippen molar-refractivity contribution in [3.63, 3.8) is 0 Å². The van der Waals surface area contributed by atoms with Crippen molar-refractivity contribution in [3.8, 4) is 0 Å². The van der Waals surface area contributed by atoms with Gasteiger partial charge >= 0.3 is 0 Å². The lowest BCUT2D eigenvalue weighted by Gasteiger charge is -2.09. The maximum atomic E-state index is 6.07. The molecular formula is C11H10Br2N2O. The van der Waals surface area contributed by atoms with E-state index in [4.69, 9.17) is 10.2 Å². The summed E-state index contributed by atoms with van der Waals surface area (Å²) in [5.74, 6) is 0. The highest BCUT2D eigenvalue weighted by atomic mass is 79.9. The second-order valence-electron chi connectivity index (χ2n) is 3.43. The van der Waals surface area contributed by atoms with Gasteiger partial charge in [0.2, 0.25) is 0 Å². The molecule has 0 aliphatic heterocycles. The molecule has 16 heavy (non-hydrogen) atoms. The molecule has 0 fully saturated rings. The summed E-state index contributed by atoms with van der Waals surface area (Å²) >= 11 is 6.66. The van der Waals surface area contributed by atoms with Crippen LogP contribution >= 0.6 is 31.9 Å². The summed E-state index contributed by atoms with van der Waals surface area (Å²) in [5.41, 5.74) is 7.99. The lowest BCUT2D eigenvalue weighted by Crippen LogP contribution is -2.13. The Balaban J connectivity index is 2.10. The van der Waals surface area contributed by atoms with Gasteiger partial charge in [-0.05, 0) is 50.1 Å². The molecule has 1 unspecified atom stereocenters. The van der Waals surface area contributed by atoms with Gasteiger partial charge in [0.15, 0.2) is 4.67 Å². The zero-order chi connectivity index (χ0) is 11.5. The Bertz CT molecular complexity index is 467. The molecule has 2 aromatic heterocycles. The Morgan fingerprint density at radius 1 is 1.31 bits per heavy atom. The maximum Gasteiger partial charge on any atom is 0.173 e. The van der Waals surface area contributed by atoms with E-state index in [1.807, 2.05) is 18.2 Å². The van der Waals surface area contributed by atoms with E-state index in [1.165, 1.54) is 0 Å². The highest BCUT2D eigenvalue weighted by Gasteiger charge is 2.13. The first-order valence-corrected chi connectivity index (χ1v) is 6.34. The summed E-state index contributed by atoms with van der Waals surface area (Å²) in [6.45, 7) is 0. The van der Waals surface area contributed by atoms with Crippen LogP contribution in [0, 0.1) is 0 Å². The number of rotatable bonds is 3. The third-order valence-electron chi connectivity index (χ3n) is 2.26. The summed E-state index contributed by atoms with van der Waals surface area (Å²) in [6.07, 6.45) is 4.08. The molecule has 0 aliphatic rings. The molecule has 0 amide bonds. The van der Waals surface area contributed by atoms with Crippen LogP contribution in [-0.2, 0) is 6.42 Å². The number of nitrogens with two attached hydrogens (primary N) is 1. The molecule has 3 nitrogen and oxygen atoms in total. The predicted molar refractivity (Wildman–Crippen MR) is 69.0 cm³/mol. The minimum absolute atomic E-state index is 0.109. The van der Waals surface area contributed by atoms with Crippen LogP contribution in [0.5, 0.6) is 0 Å². The van der Waals surface area contributed by atoms with Crippen molar-refractivity contribution >= 4 is 31.9 Å². The maximum absolute atomic E-state index is 6.07. The number of aromatic nitrogens is 1. The third kappa shape index (κ3) is 2.72. The summed E-state index contributed by atoms with van der Waals surface area (Å²) in [4.78, 5) is 4.29. The first-order chi connectivity index (χ1) is 7.66. The van der Waals surface area contributed by atoms with Crippen LogP contribution < -0.4 is 5.73 Å². The first-order valence-electron chi connectivity index (χ1n) is 4.75. The Morgan fingerprint density at radius 2 is 2.12 bits per heavy atom. The fourth-order valence-corrected chi connectivity index (χ4v) is 2.20. The van der Waals surface area contributed by atoms with Gasteiger partial charge in [-0.25, -0.2) is 0 Å². The quantitative estimate of drug-likeness (QED) is 0.926. The molecule has 0 saturated carbocycles. The SMILES string of the molecule is NC(Cc1ccc(Br)cn1)c1ccoc1Br. The molecule has 0 bridgehead atoms. The molecule has 5 heteroatoms. The van der Waals surface area contributed by atoms with Gasteiger partial charge in [-0.2, -0.15) is 0 Å². The van der Waals surface area contributed by atoms with Crippen molar-refractivity contribution in [3.05, 3.63) is 51.1 Å². The summed E-state index contributed by atoms with van der Waals surface area (Å²) in [7, 11) is 0. The molecule has 1 atom stereocenters. The number of nitrogens with zero attached hydrogens (tertiary/aromatic N) is 1. The van der Waals surface area contributed by atoms with E-state index in [0.717, 1.165) is 15.7 Å². The minimum atomic E-state index is -0.109. The van der Waals surface area contributed by atoms with Gasteiger partial charge in [0.1, 0.15) is 0 Å². The number of furan rings is 1. The van der Waals surface area contributed by atoms with Gasteiger partial charge in [0.05, 0.1) is 6.26 Å². The smallest absolute Gasteiger partial charge is 0.173 e. The van der Waals surface area contributed by atoms with Crippen LogP contribution in [0.25, 0.3) is 0 Å². The monoisotopic (exact) mass is 344 g/mol. The highest BCUT2D eigenvalue weighted by Crippen LogP contribution is 2.25. The van der Waals surface area contributed by atoms with Crippen LogP contribution in [0.4, 0.5) is 0 Å². The van der Waals surface area contributed by atoms with E-state index < -0.39 is 0 Å². The van der Waals surface area contributed by atoms with Crippen LogP contribution in [0.15, 0.2) is 44.2 Å². The molecule has 2 aromatic rings. The molecule has 0 aliphatic carbocycles. The Hall–Kier alpha value is -0.650. The topological polar surface area (TPSA) is 52.0 Å². The fourth-order valence-electron chi connectivity index (χ4n) is 1.43. The van der Waals surface area contributed by atoms with Crippen LogP contribution in [0.2, 0.25) is 0 Å². The van der Waals surface area contributed by atoms with E-state index >= 15 is 0 Å². The van der Waals surface area contributed by atoms with Crippen LogP contribution in [-0.4, -0.2) is 4.98 Å². The molecule has 84 valence electrons. The van der Waals surface area contributed by atoms with Gasteiger partial charge in [0, 0.05) is 34.4 Å². The highest BCUT2D eigenvalue weighted by molar-refractivity contribution is 9.10. The number of hydrogen-bond donors (Lipinski definition) is 1. The van der Waals surface area contributed by atoms with E-state index in [-0.39, 0.29) is 6.04 Å². The van der Waals surface area contributed by atoms with Crippen molar-refractivity contribution in [1.29, 1.82) is 0 Å². The molecule has 2 rings (SSSR count). The second kappa shape index (κ2) is 5.12. The van der Waals surface area contributed by atoms with Gasteiger partial charge < -0.3 is 10.2 Å². The Morgan fingerprint density at radius 3 is 2.69 bits per heavy atom. The minimum Gasteiger partial charge on any atom is -0.457 e. The largest absolute Gasteiger partial charge is 0.457 e. The van der Waals surface area contributed by atoms with E-state index in [2.05, 4.69) is 36.8 Å². The lowest BCUT2D eigenvalue weighted by molar-refractivity contribution is 0.530. The van der Waals surface area contributed by atoms with Crippen molar-refractivity contribution in [2.75, 3.05) is 0 Å². The standard InChI is InChI=1S/C11H10Br2N2O/c12-7-1-2-8(15-6-7)5-10(14)9-3-4-16-11(9)13/h1-4,6,10H,5,14H2. The average molecular weight is 346 g/mol. The van der Waals surface area contributed by atoms with Gasteiger partial charge in [-0.15, -0.1) is 0 Å². The molecule has 2 N–H and O–H groups in total. The van der Waals surface area contributed by atoms with Crippen LogP contribution in [0.1, 0.15) is 17.3 Å². The summed E-state index contributed by atoms with van der Waals surface area (Å²) < 4.78 is 6.81. The second-order valence-corrected chi connectivity index (χ2v) is 5.06. The average Bonchev–Trinajstić information content (AvgIpc) is 2.68. The van der Waals surface area contributed by atoms with E-state index in [9.17, 15) is 0 Å². The molecular weight excluding hydrogens is 336 g/mol. The van der Waals surface area contributed by atoms with Crippen molar-refractivity contribution in [1.82, 2.24) is 4.98 Å². The van der Waals surface area contributed by atoms with Crippen molar-refractivity contribution < 1.29 is 4.42 Å². The number of pyridine rings is 1. The van der Waals surface area contributed by atoms with Gasteiger partial charge in [-0.3, -0.25) is 4.98 Å². The zero-order valence-corrected chi connectivity index (χ0v) is 11.5. The summed E-state index contributed by atoms with van der Waals surface area (Å²) in [5, 5.41) is 0. The molecule has 0 radical (unpaired) electrons. The molecule has 0 aromatic carbocycles. The normalized spacial score (nSPS) is 12.7. The Labute approximate surface area is 110 Å². The Kier molecular flexibility index (Phi) is 3.78. The van der Waals surface area contributed by atoms with Crippen LogP contribution in [0.3, 0.4) is 0 Å². The van der Waals surface area contributed by atoms with Gasteiger partial charge in [0.25, 0.3) is 0 Å². The zero-order valence-electron chi connectivity index (χ0n) is 8.36. The number of hydrogen-bond acceptors (Lipinski definition) is 3. The summed E-state index contributed by atoms with van der Waals surface area (Å²) in [6, 6.07) is 5.67. The lowest BCUT2D eigenvalue weighted by atomic mass is 10.1. The molecule has 0 saturated heterocycles. The van der Waals surface area contributed by atoms with E-state index in [0.29, 0.717) is 11.1 Å². The van der Waals surface area contributed by atoms with Gasteiger partial charge in [-0.1, -0.05) is 0 Å². The molecule has 0 spiro atoms. The van der Waals surface area contributed by atoms with E-state index in [1.54, 1.807) is 12.5 Å². The number of halogens is 2. The third-order valence-corrected chi connectivity index (χ3v) is 3.38.